The Morgan fingerprint density at radius 2 is 1.55 bits per heavy atom. The first-order chi connectivity index (χ1) is 19.8. The third-order valence-electron chi connectivity index (χ3n) is 6.04. The Bertz CT molecular complexity index is 1580. The van der Waals surface area contributed by atoms with Crippen molar-refractivity contribution in [3.05, 3.63) is 105 Å². The van der Waals surface area contributed by atoms with E-state index in [0.29, 0.717) is 21.7 Å². The molecule has 14 heteroatoms. The van der Waals surface area contributed by atoms with E-state index in [-0.39, 0.29) is 16.5 Å². The minimum absolute atomic E-state index is 0.0722. The molecule has 42 heavy (non-hydrogen) atoms. The molecule has 1 aromatic heterocycles. The van der Waals surface area contributed by atoms with Crippen molar-refractivity contribution in [1.82, 2.24) is 4.98 Å². The summed E-state index contributed by atoms with van der Waals surface area (Å²) in [5.74, 6) is -11.4. The third kappa shape index (κ3) is 6.86. The number of halogens is 8. The molecule has 1 heterocycles. The first kappa shape index (κ1) is 31.3. The van der Waals surface area contributed by atoms with Gasteiger partial charge in [0.1, 0.15) is 10.8 Å². The van der Waals surface area contributed by atoms with Gasteiger partial charge >= 0.3 is 12.1 Å². The summed E-state index contributed by atoms with van der Waals surface area (Å²) >= 11 is 2.06. The molecule has 222 valence electrons. The summed E-state index contributed by atoms with van der Waals surface area (Å²) in [6.45, 7) is 0.912. The molecule has 0 saturated carbocycles. The summed E-state index contributed by atoms with van der Waals surface area (Å²) in [6, 6.07) is 10.6. The van der Waals surface area contributed by atoms with Crippen molar-refractivity contribution >= 4 is 29.1 Å². The van der Waals surface area contributed by atoms with Crippen LogP contribution in [-0.2, 0) is 23.1 Å². The fourth-order valence-corrected chi connectivity index (χ4v) is 6.60. The topological polar surface area (TPSA) is 59.4 Å². The zero-order valence-corrected chi connectivity index (χ0v) is 23.0. The molecule has 0 amide bonds. The number of thiazole rings is 1. The van der Waals surface area contributed by atoms with E-state index < -0.39 is 70.6 Å². The van der Waals surface area contributed by atoms with Crippen LogP contribution < -0.4 is 4.74 Å². The maximum absolute atomic E-state index is 14.7. The van der Waals surface area contributed by atoms with Crippen molar-refractivity contribution in [3.8, 4) is 16.3 Å². The van der Waals surface area contributed by atoms with E-state index in [2.05, 4.69) is 4.98 Å². The van der Waals surface area contributed by atoms with Crippen molar-refractivity contribution < 1.29 is 49.8 Å². The number of aryl methyl sites for hydroxylation is 1. The van der Waals surface area contributed by atoms with Crippen LogP contribution in [-0.4, -0.2) is 22.7 Å². The molecule has 0 aliphatic carbocycles. The lowest BCUT2D eigenvalue weighted by Crippen LogP contribution is -2.11. The molecule has 4 nitrogen and oxygen atoms in total. The van der Waals surface area contributed by atoms with Gasteiger partial charge in [0.25, 0.3) is 0 Å². The largest absolute Gasteiger partial charge is 0.482 e. The standard InChI is InChI=1S/C28H19F8NO3S2/c1-13-26(42-27(37-13)14-6-8-16(9-7-14)28(34,35)36)19(10-17-21(29)23(31)25(33)24(32)22(17)30)41-12-15-4-2-3-5-18(15)40-11-20(38)39/h2-9,19H,10-12H2,1H3,(H,38,39). The fraction of sp³-hybridized carbons (Fsp3) is 0.214. The van der Waals surface area contributed by atoms with Crippen LogP contribution in [0.5, 0.6) is 5.75 Å². The summed E-state index contributed by atoms with van der Waals surface area (Å²) < 4.78 is 115. The van der Waals surface area contributed by atoms with Gasteiger partial charge in [0.2, 0.25) is 5.82 Å². The van der Waals surface area contributed by atoms with E-state index >= 15 is 0 Å². The Kier molecular flexibility index (Phi) is 9.46. The van der Waals surface area contributed by atoms with Crippen LogP contribution in [0.1, 0.15) is 32.5 Å². The van der Waals surface area contributed by atoms with Gasteiger partial charge in [-0.25, -0.2) is 31.7 Å². The molecule has 1 N–H and O–H groups in total. The van der Waals surface area contributed by atoms with Crippen LogP contribution in [0.2, 0.25) is 0 Å². The molecule has 0 saturated heterocycles. The predicted octanol–water partition coefficient (Wildman–Crippen LogP) is 8.51. The summed E-state index contributed by atoms with van der Waals surface area (Å²) in [5, 5.41) is 8.29. The number of carboxylic acids is 1. The number of benzene rings is 3. The Labute approximate surface area is 242 Å². The second-order valence-corrected chi connectivity index (χ2v) is 11.1. The lowest BCUT2D eigenvalue weighted by Gasteiger charge is -2.19. The van der Waals surface area contributed by atoms with Gasteiger partial charge < -0.3 is 9.84 Å². The maximum Gasteiger partial charge on any atom is 0.416 e. The minimum Gasteiger partial charge on any atom is -0.482 e. The molecular formula is C28H19F8NO3S2. The average molecular weight is 634 g/mol. The van der Waals surface area contributed by atoms with Gasteiger partial charge in [-0.1, -0.05) is 30.3 Å². The fourth-order valence-electron chi connectivity index (χ4n) is 3.97. The second kappa shape index (κ2) is 12.7. The Hall–Kier alpha value is -3.65. The number of aliphatic carboxylic acids is 1. The normalized spacial score (nSPS) is 12.4. The highest BCUT2D eigenvalue weighted by atomic mass is 32.2. The lowest BCUT2D eigenvalue weighted by molar-refractivity contribution is -0.139. The van der Waals surface area contributed by atoms with E-state index in [1.807, 2.05) is 0 Å². The number of carboxylic acid groups (broad SMARTS) is 1. The highest BCUT2D eigenvalue weighted by Crippen LogP contribution is 2.44. The van der Waals surface area contributed by atoms with E-state index in [1.165, 1.54) is 18.2 Å². The van der Waals surface area contributed by atoms with Crippen LogP contribution in [0.25, 0.3) is 10.6 Å². The Balaban J connectivity index is 1.72. The first-order valence-electron chi connectivity index (χ1n) is 12.0. The second-order valence-electron chi connectivity index (χ2n) is 8.89. The number of para-hydroxylation sites is 1. The SMILES string of the molecule is Cc1nc(-c2ccc(C(F)(F)F)cc2)sc1C(Cc1c(F)c(F)c(F)c(F)c1F)SCc1ccccc1OCC(=O)O. The molecule has 0 bridgehead atoms. The van der Waals surface area contributed by atoms with E-state index in [0.717, 1.165) is 35.2 Å². The number of hydrogen-bond acceptors (Lipinski definition) is 5. The van der Waals surface area contributed by atoms with Crippen LogP contribution in [0.15, 0.2) is 48.5 Å². The monoisotopic (exact) mass is 633 g/mol. The van der Waals surface area contributed by atoms with Crippen LogP contribution in [0, 0.1) is 36.0 Å². The van der Waals surface area contributed by atoms with E-state index in [9.17, 15) is 39.9 Å². The molecule has 0 spiro atoms. The summed E-state index contributed by atoms with van der Waals surface area (Å²) in [6.07, 6.45) is -5.20. The number of aromatic nitrogens is 1. The Morgan fingerprint density at radius 1 is 0.952 bits per heavy atom. The molecule has 4 rings (SSSR count). The first-order valence-corrected chi connectivity index (χ1v) is 13.8. The number of ether oxygens (including phenoxy) is 1. The van der Waals surface area contributed by atoms with Crippen molar-refractivity contribution in [1.29, 1.82) is 0 Å². The molecule has 1 unspecified atom stereocenters. The molecule has 0 radical (unpaired) electrons. The van der Waals surface area contributed by atoms with E-state index in [1.54, 1.807) is 25.1 Å². The number of rotatable bonds is 10. The smallest absolute Gasteiger partial charge is 0.416 e. The van der Waals surface area contributed by atoms with Crippen molar-refractivity contribution in [2.75, 3.05) is 6.61 Å². The number of nitrogens with zero attached hydrogens (tertiary/aromatic N) is 1. The van der Waals surface area contributed by atoms with Crippen molar-refractivity contribution in [2.45, 2.75) is 30.5 Å². The van der Waals surface area contributed by atoms with Crippen LogP contribution in [0.4, 0.5) is 35.1 Å². The van der Waals surface area contributed by atoms with Gasteiger partial charge in [-0.2, -0.15) is 13.2 Å². The molecule has 0 aliphatic rings. The van der Waals surface area contributed by atoms with Gasteiger partial charge in [-0.05, 0) is 31.5 Å². The lowest BCUT2D eigenvalue weighted by atomic mass is 10.1. The van der Waals surface area contributed by atoms with Crippen LogP contribution >= 0.6 is 23.1 Å². The zero-order valence-electron chi connectivity index (χ0n) is 21.4. The summed E-state index contributed by atoms with van der Waals surface area (Å²) in [4.78, 5) is 15.7. The zero-order chi connectivity index (χ0) is 30.8. The molecule has 0 aliphatic heterocycles. The van der Waals surface area contributed by atoms with Gasteiger partial charge in [0, 0.05) is 32.6 Å². The maximum atomic E-state index is 14.7. The minimum atomic E-state index is -4.55. The molecule has 0 fully saturated rings. The highest BCUT2D eigenvalue weighted by Gasteiger charge is 2.31. The highest BCUT2D eigenvalue weighted by molar-refractivity contribution is 7.98. The quantitative estimate of drug-likeness (QED) is 0.108. The number of carbonyl (C=O) groups is 1. The molecule has 4 aromatic rings. The summed E-state index contributed by atoms with van der Waals surface area (Å²) in [5.41, 5.74) is -0.746. The molecule has 3 aromatic carbocycles. The third-order valence-corrected chi connectivity index (χ3v) is 8.79. The predicted molar refractivity (Wildman–Crippen MR) is 141 cm³/mol. The number of thioether (sulfide) groups is 1. The average Bonchev–Trinajstić information content (AvgIpc) is 3.35. The Morgan fingerprint density at radius 3 is 2.14 bits per heavy atom. The number of hydrogen-bond donors (Lipinski definition) is 1. The van der Waals surface area contributed by atoms with Crippen molar-refractivity contribution in [2.24, 2.45) is 0 Å². The number of alkyl halides is 3. The molecular weight excluding hydrogens is 614 g/mol. The van der Waals surface area contributed by atoms with Gasteiger partial charge in [-0.15, -0.1) is 23.1 Å². The molecule has 1 atom stereocenters. The van der Waals surface area contributed by atoms with Gasteiger partial charge in [-0.3, -0.25) is 0 Å². The van der Waals surface area contributed by atoms with Gasteiger partial charge in [0.05, 0.1) is 11.3 Å². The van der Waals surface area contributed by atoms with Crippen molar-refractivity contribution in [3.63, 3.8) is 0 Å². The van der Waals surface area contributed by atoms with E-state index in [4.69, 9.17) is 9.84 Å². The van der Waals surface area contributed by atoms with Gasteiger partial charge in [0.15, 0.2) is 29.9 Å². The van der Waals surface area contributed by atoms with Crippen LogP contribution in [0.3, 0.4) is 0 Å². The summed E-state index contributed by atoms with van der Waals surface area (Å²) in [7, 11) is 0.